The van der Waals surface area contributed by atoms with Crippen LogP contribution in [0.5, 0.6) is 0 Å². The van der Waals surface area contributed by atoms with Crippen LogP contribution in [-0.4, -0.2) is 34.9 Å². The molecule has 0 unspecified atom stereocenters. The summed E-state index contributed by atoms with van der Waals surface area (Å²) in [5.41, 5.74) is -0.279. The standard InChI is InChI=1S/C18H20BrFN2O4/c1-11-4-6-18(7-5-11)16(24)22(17(25)21-18)9-15(23)26-10-12-2-3-13(20)8-14(12)19/h2-3,8,11H,4-7,9-10H2,1H3,(H,21,25). The van der Waals surface area contributed by atoms with E-state index in [9.17, 15) is 18.8 Å². The molecule has 0 bridgehead atoms. The van der Waals surface area contributed by atoms with E-state index in [-0.39, 0.29) is 12.5 Å². The van der Waals surface area contributed by atoms with Crippen LogP contribution < -0.4 is 5.32 Å². The molecule has 6 nitrogen and oxygen atoms in total. The molecular weight excluding hydrogens is 407 g/mol. The largest absolute Gasteiger partial charge is 0.459 e. The lowest BCUT2D eigenvalue weighted by molar-refractivity contribution is -0.149. The second-order valence-corrected chi connectivity index (χ2v) is 7.84. The van der Waals surface area contributed by atoms with Crippen LogP contribution >= 0.6 is 15.9 Å². The van der Waals surface area contributed by atoms with Crippen LogP contribution in [0, 0.1) is 11.7 Å². The Hall–Kier alpha value is -1.96. The number of esters is 1. The van der Waals surface area contributed by atoms with Crippen molar-refractivity contribution in [3.63, 3.8) is 0 Å². The number of hydrogen-bond donors (Lipinski definition) is 1. The number of amides is 3. The second kappa shape index (κ2) is 7.34. The molecule has 0 radical (unpaired) electrons. The maximum absolute atomic E-state index is 13.1. The first kappa shape index (κ1) is 18.8. The van der Waals surface area contributed by atoms with Gasteiger partial charge in [0.15, 0.2) is 0 Å². The Bertz CT molecular complexity index is 747. The Morgan fingerprint density at radius 2 is 2.08 bits per heavy atom. The summed E-state index contributed by atoms with van der Waals surface area (Å²) in [5, 5.41) is 2.76. The predicted molar refractivity (Wildman–Crippen MR) is 94.5 cm³/mol. The minimum absolute atomic E-state index is 0.0774. The summed E-state index contributed by atoms with van der Waals surface area (Å²) in [5.74, 6) is -0.919. The van der Waals surface area contributed by atoms with Gasteiger partial charge in [0.05, 0.1) is 0 Å². The van der Waals surface area contributed by atoms with Gasteiger partial charge in [-0.3, -0.25) is 14.5 Å². The summed E-state index contributed by atoms with van der Waals surface area (Å²) in [6.45, 7) is 1.61. The molecule has 140 valence electrons. The van der Waals surface area contributed by atoms with E-state index in [2.05, 4.69) is 28.2 Å². The van der Waals surface area contributed by atoms with Crippen molar-refractivity contribution in [3.05, 3.63) is 34.1 Å². The summed E-state index contributed by atoms with van der Waals surface area (Å²) in [7, 11) is 0. The van der Waals surface area contributed by atoms with E-state index < -0.39 is 29.9 Å². The number of urea groups is 1. The zero-order chi connectivity index (χ0) is 18.9. The fourth-order valence-electron chi connectivity index (χ4n) is 3.39. The molecule has 1 saturated carbocycles. The van der Waals surface area contributed by atoms with Crippen molar-refractivity contribution in [1.29, 1.82) is 0 Å². The number of halogens is 2. The lowest BCUT2D eigenvalue weighted by Gasteiger charge is -2.33. The van der Waals surface area contributed by atoms with Gasteiger partial charge in [0.2, 0.25) is 0 Å². The third-order valence-electron chi connectivity index (χ3n) is 5.06. The highest BCUT2D eigenvalue weighted by molar-refractivity contribution is 9.10. The van der Waals surface area contributed by atoms with Crippen LogP contribution in [-0.2, 0) is 20.9 Å². The molecule has 3 rings (SSSR count). The fraction of sp³-hybridized carbons (Fsp3) is 0.500. The van der Waals surface area contributed by atoms with Gasteiger partial charge in [-0.2, -0.15) is 0 Å². The zero-order valence-electron chi connectivity index (χ0n) is 14.4. The topological polar surface area (TPSA) is 75.7 Å². The van der Waals surface area contributed by atoms with Gasteiger partial charge in [-0.15, -0.1) is 0 Å². The third-order valence-corrected chi connectivity index (χ3v) is 5.80. The van der Waals surface area contributed by atoms with Crippen molar-refractivity contribution < 1.29 is 23.5 Å². The van der Waals surface area contributed by atoms with Crippen molar-refractivity contribution in [2.75, 3.05) is 6.54 Å². The molecule has 0 atom stereocenters. The summed E-state index contributed by atoms with van der Waals surface area (Å²) in [4.78, 5) is 37.9. The molecule has 1 heterocycles. The Kier molecular flexibility index (Phi) is 5.32. The SMILES string of the molecule is CC1CCC2(CC1)NC(=O)N(CC(=O)OCc1ccc(F)cc1Br)C2=O. The van der Waals surface area contributed by atoms with E-state index in [1.807, 2.05) is 0 Å². The minimum atomic E-state index is -0.871. The van der Waals surface area contributed by atoms with E-state index >= 15 is 0 Å². The molecule has 0 aromatic heterocycles. The monoisotopic (exact) mass is 426 g/mol. The zero-order valence-corrected chi connectivity index (χ0v) is 16.0. The number of carbonyl (C=O) groups is 3. The summed E-state index contributed by atoms with van der Waals surface area (Å²) >= 11 is 3.20. The fourth-order valence-corrected chi connectivity index (χ4v) is 3.85. The van der Waals surface area contributed by atoms with Crippen molar-refractivity contribution in [2.24, 2.45) is 5.92 Å². The highest BCUT2D eigenvalue weighted by Gasteiger charge is 2.52. The normalized spacial score (nSPS) is 25.5. The molecule has 1 aromatic carbocycles. The van der Waals surface area contributed by atoms with Crippen LogP contribution in [0.1, 0.15) is 38.2 Å². The molecule has 8 heteroatoms. The van der Waals surface area contributed by atoms with E-state index in [1.54, 1.807) is 0 Å². The van der Waals surface area contributed by atoms with Gasteiger partial charge in [-0.05, 0) is 43.7 Å². The number of nitrogens with zero attached hydrogens (tertiary/aromatic N) is 1. The summed E-state index contributed by atoms with van der Waals surface area (Å²) in [6.07, 6.45) is 2.91. The highest BCUT2D eigenvalue weighted by atomic mass is 79.9. The van der Waals surface area contributed by atoms with Gasteiger partial charge in [-0.1, -0.05) is 28.9 Å². The molecule has 1 saturated heterocycles. The van der Waals surface area contributed by atoms with E-state index in [4.69, 9.17) is 4.74 Å². The first-order valence-corrected chi connectivity index (χ1v) is 9.34. The molecule has 1 aliphatic carbocycles. The van der Waals surface area contributed by atoms with Gasteiger partial charge >= 0.3 is 12.0 Å². The maximum atomic E-state index is 13.1. The van der Waals surface area contributed by atoms with Crippen LogP contribution in [0.15, 0.2) is 22.7 Å². The van der Waals surface area contributed by atoms with Crippen molar-refractivity contribution in [1.82, 2.24) is 10.2 Å². The van der Waals surface area contributed by atoms with E-state index in [0.29, 0.717) is 28.8 Å². The van der Waals surface area contributed by atoms with Crippen LogP contribution in [0.4, 0.5) is 9.18 Å². The Morgan fingerprint density at radius 1 is 1.38 bits per heavy atom. The van der Waals surface area contributed by atoms with Crippen molar-refractivity contribution in [3.8, 4) is 0 Å². The average Bonchev–Trinajstić information content (AvgIpc) is 2.81. The number of rotatable bonds is 4. The lowest BCUT2D eigenvalue weighted by Crippen LogP contribution is -2.49. The van der Waals surface area contributed by atoms with E-state index in [0.717, 1.165) is 17.7 Å². The molecular formula is C18H20BrFN2O4. The number of carbonyl (C=O) groups excluding carboxylic acids is 3. The lowest BCUT2D eigenvalue weighted by atomic mass is 9.77. The van der Waals surface area contributed by atoms with E-state index in [1.165, 1.54) is 18.2 Å². The molecule has 3 amide bonds. The van der Waals surface area contributed by atoms with Crippen molar-refractivity contribution >= 4 is 33.8 Å². The molecule has 1 aliphatic heterocycles. The van der Waals surface area contributed by atoms with Gasteiger partial charge in [0.25, 0.3) is 5.91 Å². The predicted octanol–water partition coefficient (Wildman–Crippen LogP) is 3.13. The van der Waals surface area contributed by atoms with Crippen LogP contribution in [0.25, 0.3) is 0 Å². The first-order valence-electron chi connectivity index (χ1n) is 8.54. The summed E-state index contributed by atoms with van der Waals surface area (Å²) in [6, 6.07) is 3.48. The quantitative estimate of drug-likeness (QED) is 0.592. The van der Waals surface area contributed by atoms with Gasteiger partial charge in [0.1, 0.15) is 24.5 Å². The third kappa shape index (κ3) is 3.75. The number of benzene rings is 1. The Balaban J connectivity index is 1.59. The van der Waals surface area contributed by atoms with Crippen LogP contribution in [0.2, 0.25) is 0 Å². The number of hydrogen-bond acceptors (Lipinski definition) is 4. The smallest absolute Gasteiger partial charge is 0.326 e. The van der Waals surface area contributed by atoms with Crippen LogP contribution in [0.3, 0.4) is 0 Å². The van der Waals surface area contributed by atoms with Gasteiger partial charge in [-0.25, -0.2) is 9.18 Å². The summed E-state index contributed by atoms with van der Waals surface area (Å²) < 4.78 is 18.7. The molecule has 1 N–H and O–H groups in total. The van der Waals surface area contributed by atoms with Gasteiger partial charge < -0.3 is 10.1 Å². The highest BCUT2D eigenvalue weighted by Crippen LogP contribution is 2.36. The molecule has 2 aliphatic rings. The number of nitrogens with one attached hydrogen (secondary N) is 1. The molecule has 1 aromatic rings. The molecule has 2 fully saturated rings. The second-order valence-electron chi connectivity index (χ2n) is 6.98. The molecule has 26 heavy (non-hydrogen) atoms. The first-order chi connectivity index (χ1) is 12.3. The van der Waals surface area contributed by atoms with Crippen molar-refractivity contribution in [2.45, 2.75) is 44.8 Å². The number of ether oxygens (including phenoxy) is 1. The Morgan fingerprint density at radius 3 is 2.73 bits per heavy atom. The molecule has 1 spiro atoms. The van der Waals surface area contributed by atoms with Gasteiger partial charge in [0, 0.05) is 10.0 Å². The maximum Gasteiger partial charge on any atom is 0.326 e. The number of imide groups is 1. The average molecular weight is 427 g/mol. The minimum Gasteiger partial charge on any atom is -0.459 e. The Labute approximate surface area is 159 Å².